The van der Waals surface area contributed by atoms with Gasteiger partial charge in [0, 0.05) is 30.1 Å². The summed E-state index contributed by atoms with van der Waals surface area (Å²) < 4.78 is 42.9. The minimum Gasteiger partial charge on any atom is -0.298 e. The highest BCUT2D eigenvalue weighted by Crippen LogP contribution is 2.34. The second-order valence-corrected chi connectivity index (χ2v) is 11.0. The van der Waals surface area contributed by atoms with Crippen molar-refractivity contribution in [2.24, 2.45) is 0 Å². The Balaban J connectivity index is 1.62. The van der Waals surface area contributed by atoms with Gasteiger partial charge in [-0.1, -0.05) is 59.6 Å². The standard InChI is InChI=1S/C25H23Cl2FN2O3S/c1-15-6-8-19(20(26)10-15)17-4-3-5-18(13-17)23-14-24(30(2)34(32,33)29-23)25(31)12-16-7-9-22(28)21(27)11-16/h3-11,13,23-24,29H,12,14H2,1-2H3/t23-,24+/m1/s1. The highest BCUT2D eigenvalue weighted by atomic mass is 35.5. The minimum absolute atomic E-state index is 0.0593. The average Bonchev–Trinajstić information content (AvgIpc) is 2.78. The lowest BCUT2D eigenvalue weighted by Gasteiger charge is -2.36. The molecule has 0 saturated carbocycles. The quantitative estimate of drug-likeness (QED) is 0.482. The lowest BCUT2D eigenvalue weighted by Crippen LogP contribution is -2.55. The SMILES string of the molecule is Cc1ccc(-c2cccc([C@H]3C[C@@H](C(=O)Cc4ccc(F)c(Cl)c4)N(C)S(=O)(=O)N3)c2)c(Cl)c1. The van der Waals surface area contributed by atoms with E-state index in [2.05, 4.69) is 4.72 Å². The number of hydrogen-bond donors (Lipinski definition) is 1. The van der Waals surface area contributed by atoms with Crippen LogP contribution in [0.15, 0.2) is 60.7 Å². The fourth-order valence-corrected chi connectivity index (χ4v) is 5.98. The van der Waals surface area contributed by atoms with Crippen LogP contribution in [0.5, 0.6) is 0 Å². The number of Topliss-reactive ketones (excluding diaryl/α,β-unsaturated/α-hetero) is 1. The normalized spacial score (nSPS) is 20.3. The fraction of sp³-hybridized carbons (Fsp3) is 0.240. The van der Waals surface area contributed by atoms with E-state index in [0.717, 1.165) is 26.6 Å². The van der Waals surface area contributed by atoms with Gasteiger partial charge in [-0.25, -0.2) is 4.39 Å². The molecule has 2 atom stereocenters. The summed E-state index contributed by atoms with van der Waals surface area (Å²) >= 11 is 12.3. The molecular weight excluding hydrogens is 498 g/mol. The first kappa shape index (κ1) is 24.8. The van der Waals surface area contributed by atoms with Gasteiger partial charge in [-0.2, -0.15) is 17.4 Å². The lowest BCUT2D eigenvalue weighted by molar-refractivity contribution is -0.122. The van der Waals surface area contributed by atoms with Gasteiger partial charge in [-0.15, -0.1) is 0 Å². The number of aryl methyl sites for hydroxylation is 1. The van der Waals surface area contributed by atoms with Gasteiger partial charge in [0.1, 0.15) is 5.82 Å². The van der Waals surface area contributed by atoms with Crippen LogP contribution in [0.1, 0.15) is 29.2 Å². The summed E-state index contributed by atoms with van der Waals surface area (Å²) in [4.78, 5) is 13.1. The number of hydrogen-bond acceptors (Lipinski definition) is 3. The molecule has 0 amide bonds. The molecule has 34 heavy (non-hydrogen) atoms. The molecule has 0 spiro atoms. The van der Waals surface area contributed by atoms with Gasteiger partial charge in [0.05, 0.1) is 11.1 Å². The molecule has 3 aromatic carbocycles. The van der Waals surface area contributed by atoms with E-state index in [1.165, 1.54) is 25.2 Å². The molecule has 9 heteroatoms. The maximum absolute atomic E-state index is 13.5. The van der Waals surface area contributed by atoms with E-state index < -0.39 is 28.1 Å². The van der Waals surface area contributed by atoms with Crippen molar-refractivity contribution >= 4 is 39.2 Å². The van der Waals surface area contributed by atoms with Gasteiger partial charge in [-0.3, -0.25) is 4.79 Å². The van der Waals surface area contributed by atoms with Crippen LogP contribution in [0, 0.1) is 12.7 Å². The van der Waals surface area contributed by atoms with Crippen molar-refractivity contribution in [2.75, 3.05) is 7.05 Å². The molecule has 1 aliphatic rings. The number of benzene rings is 3. The zero-order valence-electron chi connectivity index (χ0n) is 18.6. The third-order valence-electron chi connectivity index (χ3n) is 6.03. The van der Waals surface area contributed by atoms with Gasteiger partial charge >= 0.3 is 0 Å². The molecule has 0 bridgehead atoms. The first-order chi connectivity index (χ1) is 16.0. The number of nitrogens with one attached hydrogen (secondary N) is 1. The largest absolute Gasteiger partial charge is 0.298 e. The lowest BCUT2D eigenvalue weighted by atomic mass is 9.93. The highest BCUT2D eigenvalue weighted by Gasteiger charge is 2.40. The second-order valence-electron chi connectivity index (χ2n) is 8.44. The fourth-order valence-electron chi connectivity index (χ4n) is 4.13. The molecule has 0 aliphatic carbocycles. The Morgan fingerprint density at radius 3 is 2.56 bits per heavy atom. The smallest absolute Gasteiger partial charge is 0.280 e. The monoisotopic (exact) mass is 520 g/mol. The van der Waals surface area contributed by atoms with Gasteiger partial charge in [0.15, 0.2) is 5.78 Å². The predicted octanol–water partition coefficient (Wildman–Crippen LogP) is 5.50. The number of halogens is 3. The zero-order valence-corrected chi connectivity index (χ0v) is 20.9. The van der Waals surface area contributed by atoms with Crippen LogP contribution in [-0.2, 0) is 21.4 Å². The van der Waals surface area contributed by atoms with Gasteiger partial charge in [0.2, 0.25) is 0 Å². The Morgan fingerprint density at radius 1 is 1.09 bits per heavy atom. The summed E-state index contributed by atoms with van der Waals surface area (Å²) in [6.07, 6.45) is 0.185. The molecule has 0 unspecified atom stereocenters. The van der Waals surface area contributed by atoms with Crippen molar-refractivity contribution in [1.82, 2.24) is 9.03 Å². The number of nitrogens with zero attached hydrogens (tertiary/aromatic N) is 1. The van der Waals surface area contributed by atoms with Crippen molar-refractivity contribution < 1.29 is 17.6 Å². The van der Waals surface area contributed by atoms with Gasteiger partial charge in [0.25, 0.3) is 10.2 Å². The van der Waals surface area contributed by atoms with Crippen LogP contribution in [0.4, 0.5) is 4.39 Å². The topological polar surface area (TPSA) is 66.5 Å². The van der Waals surface area contributed by atoms with Crippen molar-refractivity contribution in [1.29, 1.82) is 0 Å². The van der Waals surface area contributed by atoms with E-state index in [1.54, 1.807) is 0 Å². The Bertz CT molecular complexity index is 1360. The molecule has 1 N–H and O–H groups in total. The van der Waals surface area contributed by atoms with E-state index in [1.807, 2.05) is 49.4 Å². The summed E-state index contributed by atoms with van der Waals surface area (Å²) in [6, 6.07) is 15.8. The molecule has 1 fully saturated rings. The molecule has 1 heterocycles. The van der Waals surface area contributed by atoms with E-state index >= 15 is 0 Å². The van der Waals surface area contributed by atoms with Crippen LogP contribution in [0.3, 0.4) is 0 Å². The third-order valence-corrected chi connectivity index (χ3v) is 8.22. The Labute approximate surface area is 208 Å². The first-order valence-corrected chi connectivity index (χ1v) is 12.8. The molecule has 3 aromatic rings. The maximum Gasteiger partial charge on any atom is 0.280 e. The molecule has 5 nitrogen and oxygen atoms in total. The first-order valence-electron chi connectivity index (χ1n) is 10.6. The van der Waals surface area contributed by atoms with Gasteiger partial charge < -0.3 is 0 Å². The summed E-state index contributed by atoms with van der Waals surface area (Å²) in [5.41, 5.74) is 3.98. The van der Waals surface area contributed by atoms with Crippen LogP contribution in [0.25, 0.3) is 11.1 Å². The number of ketones is 1. The van der Waals surface area contributed by atoms with Crippen LogP contribution >= 0.6 is 23.2 Å². The zero-order chi connectivity index (χ0) is 24.6. The second kappa shape index (κ2) is 9.76. The molecular formula is C25H23Cl2FN2O3S. The van der Waals surface area contributed by atoms with Crippen molar-refractivity contribution in [3.05, 3.63) is 93.2 Å². The van der Waals surface area contributed by atoms with E-state index in [9.17, 15) is 17.6 Å². The Morgan fingerprint density at radius 2 is 1.85 bits per heavy atom. The minimum atomic E-state index is -3.90. The average molecular weight is 521 g/mol. The Hall–Kier alpha value is -2.29. The van der Waals surface area contributed by atoms with Crippen molar-refractivity contribution in [3.63, 3.8) is 0 Å². The molecule has 1 aliphatic heterocycles. The predicted molar refractivity (Wildman–Crippen MR) is 133 cm³/mol. The summed E-state index contributed by atoms with van der Waals surface area (Å²) in [5.74, 6) is -0.869. The number of carbonyl (C=O) groups is 1. The number of carbonyl (C=O) groups excluding carboxylic acids is 1. The van der Waals surface area contributed by atoms with Crippen LogP contribution in [-0.4, -0.2) is 31.6 Å². The molecule has 4 rings (SSSR count). The maximum atomic E-state index is 13.5. The van der Waals surface area contributed by atoms with Crippen LogP contribution < -0.4 is 4.72 Å². The molecule has 0 radical (unpaired) electrons. The number of likely N-dealkylation sites (N-methyl/N-ethyl adjacent to an activating group) is 1. The summed E-state index contributed by atoms with van der Waals surface area (Å²) in [6.45, 7) is 1.95. The summed E-state index contributed by atoms with van der Waals surface area (Å²) in [5, 5.41) is 0.521. The van der Waals surface area contributed by atoms with E-state index in [4.69, 9.17) is 23.2 Å². The summed E-state index contributed by atoms with van der Waals surface area (Å²) in [7, 11) is -2.52. The molecule has 0 aromatic heterocycles. The third kappa shape index (κ3) is 5.19. The van der Waals surface area contributed by atoms with Gasteiger partial charge in [-0.05, 0) is 59.9 Å². The van der Waals surface area contributed by atoms with Crippen LogP contribution in [0.2, 0.25) is 10.0 Å². The molecule has 1 saturated heterocycles. The van der Waals surface area contributed by atoms with Crippen molar-refractivity contribution in [2.45, 2.75) is 31.8 Å². The van der Waals surface area contributed by atoms with E-state index in [0.29, 0.717) is 10.6 Å². The highest BCUT2D eigenvalue weighted by molar-refractivity contribution is 7.87. The van der Waals surface area contributed by atoms with E-state index in [-0.39, 0.29) is 23.6 Å². The molecule has 178 valence electrons. The number of rotatable bonds is 5. The Kier molecular flexibility index (Phi) is 7.12. The van der Waals surface area contributed by atoms with Crippen molar-refractivity contribution in [3.8, 4) is 11.1 Å².